The summed E-state index contributed by atoms with van der Waals surface area (Å²) in [5, 5.41) is 0.386. The van der Waals surface area contributed by atoms with Gasteiger partial charge in [-0.15, -0.1) is 0 Å². The summed E-state index contributed by atoms with van der Waals surface area (Å²) >= 11 is 5.92. The topological polar surface area (TPSA) is 46.2 Å². The molecule has 2 aromatic rings. The smallest absolute Gasteiger partial charge is 0.279 e. The van der Waals surface area contributed by atoms with Crippen LogP contribution in [-0.2, 0) is 16.2 Å². The first-order chi connectivity index (χ1) is 10.5. The normalized spacial score (nSPS) is 12.3. The van der Waals surface area contributed by atoms with E-state index in [1.165, 1.54) is 31.2 Å². The molecule has 2 aromatic carbocycles. The number of nitrogens with one attached hydrogen (secondary N) is 1. The number of alkyl halides is 3. The van der Waals surface area contributed by atoms with Crippen molar-refractivity contribution in [2.24, 2.45) is 0 Å². The number of para-hydroxylation sites is 1. The Kier molecular flexibility index (Phi) is 4.64. The molecule has 0 spiro atoms. The van der Waals surface area contributed by atoms with Crippen LogP contribution in [0.4, 0.5) is 18.9 Å². The summed E-state index contributed by atoms with van der Waals surface area (Å²) in [5.74, 6) is 0. The largest absolute Gasteiger partial charge is 0.418 e. The molecule has 0 aliphatic carbocycles. The first-order valence-electron chi connectivity index (χ1n) is 6.48. The Labute approximate surface area is 137 Å². The highest BCUT2D eigenvalue weighted by Crippen LogP contribution is 2.36. The van der Waals surface area contributed by atoms with Crippen LogP contribution in [0, 0.1) is 13.8 Å². The maximum atomic E-state index is 13.0. The van der Waals surface area contributed by atoms with E-state index in [2.05, 4.69) is 0 Å². The molecule has 0 bridgehead atoms. The summed E-state index contributed by atoms with van der Waals surface area (Å²) in [6, 6.07) is 7.19. The molecule has 0 radical (unpaired) electrons. The van der Waals surface area contributed by atoms with Gasteiger partial charge in [0.1, 0.15) is 0 Å². The van der Waals surface area contributed by atoms with E-state index in [1.54, 1.807) is 6.92 Å². The second kappa shape index (κ2) is 6.05. The van der Waals surface area contributed by atoms with Crippen LogP contribution in [0.1, 0.15) is 16.7 Å². The van der Waals surface area contributed by atoms with E-state index in [4.69, 9.17) is 11.6 Å². The van der Waals surface area contributed by atoms with Crippen LogP contribution in [0.15, 0.2) is 41.3 Å². The lowest BCUT2D eigenvalue weighted by Gasteiger charge is -2.16. The lowest BCUT2D eigenvalue weighted by Crippen LogP contribution is -2.18. The van der Waals surface area contributed by atoms with Gasteiger partial charge >= 0.3 is 6.18 Å². The van der Waals surface area contributed by atoms with Crippen LogP contribution in [-0.4, -0.2) is 8.42 Å². The lowest BCUT2D eigenvalue weighted by molar-refractivity contribution is -0.136. The number of benzene rings is 2. The third kappa shape index (κ3) is 3.79. The van der Waals surface area contributed by atoms with E-state index in [-0.39, 0.29) is 4.90 Å². The van der Waals surface area contributed by atoms with Crippen molar-refractivity contribution in [2.75, 3.05) is 4.72 Å². The van der Waals surface area contributed by atoms with Crippen molar-refractivity contribution >= 4 is 27.3 Å². The van der Waals surface area contributed by atoms with Gasteiger partial charge in [0.25, 0.3) is 10.0 Å². The zero-order chi connectivity index (χ0) is 17.4. The van der Waals surface area contributed by atoms with Gasteiger partial charge in [-0.25, -0.2) is 8.42 Å². The van der Waals surface area contributed by atoms with Gasteiger partial charge in [-0.05, 0) is 49.2 Å². The second-order valence-corrected chi connectivity index (χ2v) is 7.07. The minimum absolute atomic E-state index is 0.114. The molecule has 0 aromatic heterocycles. The summed E-state index contributed by atoms with van der Waals surface area (Å²) in [7, 11) is -4.17. The number of aryl methyl sites for hydroxylation is 2. The number of sulfonamides is 1. The van der Waals surface area contributed by atoms with Crippen molar-refractivity contribution in [3.05, 3.63) is 58.1 Å². The van der Waals surface area contributed by atoms with Crippen LogP contribution in [0.25, 0.3) is 0 Å². The molecule has 2 rings (SSSR count). The maximum Gasteiger partial charge on any atom is 0.418 e. The second-order valence-electron chi connectivity index (χ2n) is 5.02. The Morgan fingerprint density at radius 1 is 1.04 bits per heavy atom. The van der Waals surface area contributed by atoms with Crippen molar-refractivity contribution in [1.82, 2.24) is 0 Å². The van der Waals surface area contributed by atoms with E-state index in [0.29, 0.717) is 16.1 Å². The van der Waals surface area contributed by atoms with Crippen LogP contribution >= 0.6 is 11.6 Å². The summed E-state index contributed by atoms with van der Waals surface area (Å²) in [4.78, 5) is -0.114. The quantitative estimate of drug-likeness (QED) is 0.853. The molecule has 124 valence electrons. The maximum absolute atomic E-state index is 13.0. The van der Waals surface area contributed by atoms with E-state index in [9.17, 15) is 21.6 Å². The summed E-state index contributed by atoms with van der Waals surface area (Å²) in [6.07, 6.45) is -4.66. The number of anilines is 1. The Hall–Kier alpha value is -1.73. The first-order valence-corrected chi connectivity index (χ1v) is 8.34. The molecular formula is C15H13ClF3NO2S. The molecule has 0 fully saturated rings. The molecule has 3 nitrogen and oxygen atoms in total. The van der Waals surface area contributed by atoms with Gasteiger partial charge in [0.2, 0.25) is 0 Å². The lowest BCUT2D eigenvalue weighted by atomic mass is 10.2. The summed E-state index contributed by atoms with van der Waals surface area (Å²) < 4.78 is 65.8. The third-order valence-electron chi connectivity index (χ3n) is 3.22. The molecule has 0 atom stereocenters. The first kappa shape index (κ1) is 17.6. The summed E-state index contributed by atoms with van der Waals surface area (Å²) in [5.41, 5.74) is -0.710. The molecule has 8 heteroatoms. The zero-order valence-corrected chi connectivity index (χ0v) is 13.8. The average molecular weight is 364 g/mol. The number of halogens is 4. The minimum Gasteiger partial charge on any atom is -0.279 e. The average Bonchev–Trinajstić information content (AvgIpc) is 2.41. The van der Waals surface area contributed by atoms with E-state index in [0.717, 1.165) is 12.1 Å². The van der Waals surface area contributed by atoms with Crippen molar-refractivity contribution in [2.45, 2.75) is 24.9 Å². The molecule has 23 heavy (non-hydrogen) atoms. The Morgan fingerprint density at radius 3 is 2.26 bits per heavy atom. The SMILES string of the molecule is Cc1cc(S(=O)(=O)Nc2ccccc2C(F)(F)F)c(C)cc1Cl. The molecule has 1 N–H and O–H groups in total. The molecule has 0 aliphatic rings. The molecule has 0 unspecified atom stereocenters. The van der Waals surface area contributed by atoms with Gasteiger partial charge in [0, 0.05) is 5.02 Å². The van der Waals surface area contributed by atoms with Gasteiger partial charge in [-0.2, -0.15) is 13.2 Å². The van der Waals surface area contributed by atoms with Crippen molar-refractivity contribution < 1.29 is 21.6 Å². The highest BCUT2D eigenvalue weighted by atomic mass is 35.5. The molecule has 0 amide bonds. The van der Waals surface area contributed by atoms with Gasteiger partial charge in [-0.3, -0.25) is 4.72 Å². The molecule has 0 saturated carbocycles. The predicted molar refractivity (Wildman–Crippen MR) is 83.2 cm³/mol. The molecular weight excluding hydrogens is 351 g/mol. The van der Waals surface area contributed by atoms with Gasteiger partial charge < -0.3 is 0 Å². The Bertz CT molecular complexity index is 848. The van der Waals surface area contributed by atoms with Gasteiger partial charge in [0.05, 0.1) is 16.1 Å². The number of rotatable bonds is 3. The number of hydrogen-bond acceptors (Lipinski definition) is 2. The predicted octanol–water partition coefficient (Wildman–Crippen LogP) is 4.78. The van der Waals surface area contributed by atoms with E-state index >= 15 is 0 Å². The summed E-state index contributed by atoms with van der Waals surface area (Å²) in [6.45, 7) is 3.14. The highest BCUT2D eigenvalue weighted by Gasteiger charge is 2.34. The minimum atomic E-state index is -4.66. The van der Waals surface area contributed by atoms with Crippen molar-refractivity contribution in [1.29, 1.82) is 0 Å². The number of hydrogen-bond donors (Lipinski definition) is 1. The Balaban J connectivity index is 2.51. The van der Waals surface area contributed by atoms with Gasteiger partial charge in [-0.1, -0.05) is 23.7 Å². The van der Waals surface area contributed by atoms with E-state index in [1.807, 2.05) is 4.72 Å². The molecule has 0 heterocycles. The standard InChI is InChI=1S/C15H13ClF3NO2S/c1-9-8-14(10(2)7-12(9)16)23(21,22)20-13-6-4-3-5-11(13)15(17,18)19/h3-8,20H,1-2H3. The highest BCUT2D eigenvalue weighted by molar-refractivity contribution is 7.92. The fourth-order valence-electron chi connectivity index (χ4n) is 2.06. The molecule has 0 aliphatic heterocycles. The van der Waals surface area contributed by atoms with Crippen LogP contribution in [0.5, 0.6) is 0 Å². The fourth-order valence-corrected chi connectivity index (χ4v) is 3.67. The zero-order valence-electron chi connectivity index (χ0n) is 12.2. The fraction of sp³-hybridized carbons (Fsp3) is 0.200. The van der Waals surface area contributed by atoms with Gasteiger partial charge in [0.15, 0.2) is 0 Å². The van der Waals surface area contributed by atoms with E-state index < -0.39 is 27.5 Å². The Morgan fingerprint density at radius 2 is 1.65 bits per heavy atom. The third-order valence-corrected chi connectivity index (χ3v) is 5.14. The van der Waals surface area contributed by atoms with Crippen LogP contribution < -0.4 is 4.72 Å². The van der Waals surface area contributed by atoms with Crippen molar-refractivity contribution in [3.63, 3.8) is 0 Å². The van der Waals surface area contributed by atoms with Crippen LogP contribution in [0.3, 0.4) is 0 Å². The van der Waals surface area contributed by atoms with Crippen molar-refractivity contribution in [3.8, 4) is 0 Å². The monoisotopic (exact) mass is 363 g/mol. The molecule has 0 saturated heterocycles. The van der Waals surface area contributed by atoms with Crippen LogP contribution in [0.2, 0.25) is 5.02 Å².